The zero-order valence-corrected chi connectivity index (χ0v) is 9.94. The van der Waals surface area contributed by atoms with Crippen LogP contribution in [0, 0.1) is 0 Å². The van der Waals surface area contributed by atoms with E-state index in [2.05, 4.69) is 4.42 Å². The molecule has 0 spiro atoms. The van der Waals surface area contributed by atoms with E-state index in [0.29, 0.717) is 0 Å². The molecule has 1 atom stereocenters. The van der Waals surface area contributed by atoms with Crippen molar-refractivity contribution in [1.29, 1.82) is 0 Å². The molecule has 0 saturated heterocycles. The number of hydrogen-bond donors (Lipinski definition) is 1. The molecule has 0 bridgehead atoms. The Balaban J connectivity index is 2.62. The van der Waals surface area contributed by atoms with Crippen molar-refractivity contribution in [2.45, 2.75) is 11.8 Å². The zero-order valence-electron chi connectivity index (χ0n) is 9.94. The number of halogens is 3. The highest BCUT2D eigenvalue weighted by Crippen LogP contribution is 2.44. The number of methoxy groups -OCH3 is 1. The second-order valence-electron chi connectivity index (χ2n) is 3.95. The molecule has 0 amide bonds. The van der Waals surface area contributed by atoms with Gasteiger partial charge in [0.25, 0.3) is 0 Å². The van der Waals surface area contributed by atoms with Crippen molar-refractivity contribution >= 4 is 0 Å². The van der Waals surface area contributed by atoms with Gasteiger partial charge in [-0.3, -0.25) is 0 Å². The Hall–Kier alpha value is -1.95. The molecule has 6 heteroatoms. The fraction of sp³-hybridized carbons (Fsp3) is 0.231. The number of benzene rings is 1. The largest absolute Gasteiger partial charge is 0.497 e. The molecule has 102 valence electrons. The zero-order chi connectivity index (χ0) is 14.1. The molecule has 1 aromatic carbocycles. The third-order valence-corrected chi connectivity index (χ3v) is 2.84. The first-order valence-corrected chi connectivity index (χ1v) is 5.36. The van der Waals surface area contributed by atoms with Crippen LogP contribution in [0.15, 0.2) is 47.3 Å². The maximum absolute atomic E-state index is 13.3. The summed E-state index contributed by atoms with van der Waals surface area (Å²) in [6.45, 7) is 0. The van der Waals surface area contributed by atoms with E-state index in [0.717, 1.165) is 24.7 Å². The minimum atomic E-state index is -4.89. The lowest BCUT2D eigenvalue weighted by atomic mass is 9.87. The SMILES string of the molecule is COc1cccc(C(O)(c2ccoc2)C(F)(F)F)c1. The Morgan fingerprint density at radius 1 is 1.16 bits per heavy atom. The topological polar surface area (TPSA) is 42.6 Å². The molecule has 0 radical (unpaired) electrons. The standard InChI is InChI=1S/C13H11F3O3/c1-18-11-4-2-3-9(7-11)12(17,13(14,15)16)10-5-6-19-8-10/h2-8,17H,1H3. The summed E-state index contributed by atoms with van der Waals surface area (Å²) in [4.78, 5) is 0. The average molecular weight is 272 g/mol. The van der Waals surface area contributed by atoms with Crippen molar-refractivity contribution in [3.8, 4) is 5.75 Å². The van der Waals surface area contributed by atoms with Crippen LogP contribution in [-0.2, 0) is 5.60 Å². The van der Waals surface area contributed by atoms with Crippen LogP contribution in [0.4, 0.5) is 13.2 Å². The van der Waals surface area contributed by atoms with E-state index in [-0.39, 0.29) is 16.9 Å². The van der Waals surface area contributed by atoms with E-state index in [1.807, 2.05) is 0 Å². The Morgan fingerprint density at radius 2 is 1.89 bits per heavy atom. The van der Waals surface area contributed by atoms with Gasteiger partial charge in [-0.05, 0) is 18.2 Å². The molecule has 1 N–H and O–H groups in total. The number of alkyl halides is 3. The normalized spacial score (nSPS) is 15.0. The van der Waals surface area contributed by atoms with Crippen molar-refractivity contribution in [3.63, 3.8) is 0 Å². The van der Waals surface area contributed by atoms with Gasteiger partial charge in [-0.1, -0.05) is 12.1 Å². The maximum Gasteiger partial charge on any atom is 0.425 e. The van der Waals surface area contributed by atoms with E-state index in [1.165, 1.54) is 25.3 Å². The van der Waals surface area contributed by atoms with E-state index >= 15 is 0 Å². The van der Waals surface area contributed by atoms with Gasteiger partial charge >= 0.3 is 6.18 Å². The third kappa shape index (κ3) is 2.19. The van der Waals surface area contributed by atoms with Crippen molar-refractivity contribution in [2.75, 3.05) is 7.11 Å². The molecule has 0 aliphatic heterocycles. The smallest absolute Gasteiger partial charge is 0.425 e. The summed E-state index contributed by atoms with van der Waals surface area (Å²) in [5, 5.41) is 10.2. The van der Waals surface area contributed by atoms with Crippen LogP contribution in [0.25, 0.3) is 0 Å². The van der Waals surface area contributed by atoms with Crippen molar-refractivity contribution < 1.29 is 27.4 Å². The Morgan fingerprint density at radius 3 is 2.42 bits per heavy atom. The van der Waals surface area contributed by atoms with E-state index in [1.54, 1.807) is 0 Å². The summed E-state index contributed by atoms with van der Waals surface area (Å²) in [5.74, 6) is 0.226. The first kappa shape index (κ1) is 13.5. The molecule has 2 aromatic rings. The van der Waals surface area contributed by atoms with Gasteiger partial charge in [-0.25, -0.2) is 0 Å². The minimum absolute atomic E-state index is 0.226. The number of aliphatic hydroxyl groups is 1. The molecule has 0 aliphatic rings. The molecule has 3 nitrogen and oxygen atoms in total. The van der Waals surface area contributed by atoms with Crippen molar-refractivity contribution in [2.24, 2.45) is 0 Å². The average Bonchev–Trinajstić information content (AvgIpc) is 2.90. The molecule has 19 heavy (non-hydrogen) atoms. The van der Waals surface area contributed by atoms with Crippen LogP contribution in [0.5, 0.6) is 5.75 Å². The fourth-order valence-corrected chi connectivity index (χ4v) is 1.81. The third-order valence-electron chi connectivity index (χ3n) is 2.84. The van der Waals surface area contributed by atoms with Crippen LogP contribution >= 0.6 is 0 Å². The second-order valence-corrected chi connectivity index (χ2v) is 3.95. The van der Waals surface area contributed by atoms with Crippen LogP contribution in [-0.4, -0.2) is 18.4 Å². The Labute approximate surface area is 107 Å². The first-order chi connectivity index (χ1) is 8.89. The van der Waals surface area contributed by atoms with E-state index < -0.39 is 11.8 Å². The highest BCUT2D eigenvalue weighted by Gasteiger charge is 2.57. The number of ether oxygens (including phenoxy) is 1. The van der Waals surface area contributed by atoms with Gasteiger partial charge in [0.15, 0.2) is 0 Å². The van der Waals surface area contributed by atoms with Gasteiger partial charge in [0.05, 0.1) is 19.6 Å². The van der Waals surface area contributed by atoms with Gasteiger partial charge in [0.2, 0.25) is 5.60 Å². The summed E-state index contributed by atoms with van der Waals surface area (Å²) in [5.41, 5.74) is -3.84. The molecule has 2 rings (SSSR count). The van der Waals surface area contributed by atoms with Gasteiger partial charge in [-0.2, -0.15) is 13.2 Å². The monoisotopic (exact) mass is 272 g/mol. The van der Waals surface area contributed by atoms with Gasteiger partial charge < -0.3 is 14.3 Å². The van der Waals surface area contributed by atoms with E-state index in [4.69, 9.17) is 4.74 Å². The molecule has 1 heterocycles. The predicted octanol–water partition coefficient (Wildman–Crippen LogP) is 3.09. The summed E-state index contributed by atoms with van der Waals surface area (Å²) in [6, 6.07) is 6.27. The summed E-state index contributed by atoms with van der Waals surface area (Å²) >= 11 is 0. The second kappa shape index (κ2) is 4.62. The number of rotatable bonds is 3. The molecule has 1 unspecified atom stereocenters. The maximum atomic E-state index is 13.3. The van der Waals surface area contributed by atoms with Crippen LogP contribution in [0.2, 0.25) is 0 Å². The quantitative estimate of drug-likeness (QED) is 0.933. The number of hydrogen-bond acceptors (Lipinski definition) is 3. The highest BCUT2D eigenvalue weighted by atomic mass is 19.4. The van der Waals surface area contributed by atoms with E-state index in [9.17, 15) is 18.3 Å². The van der Waals surface area contributed by atoms with Gasteiger partial charge in [0, 0.05) is 11.1 Å². The lowest BCUT2D eigenvalue weighted by Crippen LogP contribution is -2.43. The summed E-state index contributed by atoms with van der Waals surface area (Å²) < 4.78 is 49.3. The predicted molar refractivity (Wildman–Crippen MR) is 60.8 cm³/mol. The summed E-state index contributed by atoms with van der Waals surface area (Å²) in [7, 11) is 1.34. The van der Waals surface area contributed by atoms with Gasteiger partial charge in [-0.15, -0.1) is 0 Å². The summed E-state index contributed by atoms with van der Waals surface area (Å²) in [6.07, 6.45) is -2.94. The highest BCUT2D eigenvalue weighted by molar-refractivity contribution is 5.40. The van der Waals surface area contributed by atoms with Gasteiger partial charge in [0.1, 0.15) is 5.75 Å². The van der Waals surface area contributed by atoms with Crippen molar-refractivity contribution in [3.05, 3.63) is 54.0 Å². The van der Waals surface area contributed by atoms with Crippen LogP contribution in [0.3, 0.4) is 0 Å². The number of furan rings is 1. The molecule has 0 saturated carbocycles. The molecular formula is C13H11F3O3. The molecule has 0 aliphatic carbocycles. The molecular weight excluding hydrogens is 261 g/mol. The molecule has 1 aromatic heterocycles. The van der Waals surface area contributed by atoms with Crippen molar-refractivity contribution in [1.82, 2.24) is 0 Å². The first-order valence-electron chi connectivity index (χ1n) is 5.36. The minimum Gasteiger partial charge on any atom is -0.497 e. The lowest BCUT2D eigenvalue weighted by Gasteiger charge is -2.30. The molecule has 0 fully saturated rings. The lowest BCUT2D eigenvalue weighted by molar-refractivity contribution is -0.248. The Kier molecular flexibility index (Phi) is 3.28. The fourth-order valence-electron chi connectivity index (χ4n) is 1.81. The van der Waals surface area contributed by atoms with Crippen LogP contribution in [0.1, 0.15) is 11.1 Å². The van der Waals surface area contributed by atoms with Crippen LogP contribution < -0.4 is 4.74 Å². The Bertz CT molecular complexity index is 549.